The molecule has 0 amide bonds. The van der Waals surface area contributed by atoms with Gasteiger partial charge in [-0.1, -0.05) is 44.3 Å². The maximum Gasteiger partial charge on any atom is 0.335 e. The summed E-state index contributed by atoms with van der Waals surface area (Å²) in [5.41, 5.74) is 0.800. The molecule has 0 aliphatic heterocycles. The lowest BCUT2D eigenvalue weighted by Gasteiger charge is -2.12. The van der Waals surface area contributed by atoms with E-state index in [2.05, 4.69) is 0 Å². The van der Waals surface area contributed by atoms with E-state index in [1.165, 1.54) is 4.73 Å². The third-order valence-electron chi connectivity index (χ3n) is 2.41. The average molecular weight is 247 g/mol. The quantitative estimate of drug-likeness (QED) is 0.764. The first kappa shape index (κ1) is 11.8. The van der Waals surface area contributed by atoms with Crippen LogP contribution in [0.3, 0.4) is 0 Å². The average Bonchev–Trinajstić information content (AvgIpc) is 2.32. The third kappa shape index (κ3) is 2.36. The van der Waals surface area contributed by atoms with Crippen LogP contribution >= 0.6 is 12.2 Å². The zero-order valence-electron chi connectivity index (χ0n) is 9.71. The Kier molecular flexibility index (Phi) is 3.24. The van der Waals surface area contributed by atoms with Crippen molar-refractivity contribution in [1.29, 1.82) is 0 Å². The van der Waals surface area contributed by atoms with Gasteiger partial charge in [-0.05, 0) is 18.2 Å². The van der Waals surface area contributed by atoms with E-state index in [1.807, 2.05) is 30.3 Å². The number of hydrogen-bond acceptors (Lipinski definition) is 3. The lowest BCUT2D eigenvalue weighted by molar-refractivity contribution is -0.147. The number of carbonyl (C=O) groups excluding carboxylic acids is 1. The van der Waals surface area contributed by atoms with Crippen molar-refractivity contribution in [3.05, 3.63) is 41.0 Å². The molecule has 3 nitrogen and oxygen atoms in total. The van der Waals surface area contributed by atoms with Crippen molar-refractivity contribution in [3.63, 3.8) is 0 Å². The molecule has 2 aromatic rings. The number of fused-ring (bicyclic) bond motifs is 1. The summed E-state index contributed by atoms with van der Waals surface area (Å²) in [6, 6.07) is 11.3. The molecule has 0 saturated carbocycles. The van der Waals surface area contributed by atoms with Crippen LogP contribution in [0.2, 0.25) is 0 Å². The molecule has 1 aromatic carbocycles. The second kappa shape index (κ2) is 4.67. The van der Waals surface area contributed by atoms with Crippen LogP contribution in [0.4, 0.5) is 0 Å². The first-order valence-electron chi connectivity index (χ1n) is 5.42. The molecule has 0 aliphatic carbocycles. The summed E-state index contributed by atoms with van der Waals surface area (Å²) in [5, 5.41) is 0.984. The smallest absolute Gasteiger partial charge is 0.335 e. The number of rotatable bonds is 2. The van der Waals surface area contributed by atoms with Crippen LogP contribution in [0, 0.1) is 10.6 Å². The Morgan fingerprint density at radius 2 is 1.94 bits per heavy atom. The number of hydrogen-bond donors (Lipinski definition) is 0. The molecule has 0 unspecified atom stereocenters. The molecule has 0 fully saturated rings. The fourth-order valence-corrected chi connectivity index (χ4v) is 1.65. The molecule has 88 valence electrons. The Morgan fingerprint density at radius 3 is 2.65 bits per heavy atom. The van der Waals surface area contributed by atoms with E-state index < -0.39 is 0 Å². The van der Waals surface area contributed by atoms with Gasteiger partial charge in [-0.25, -0.2) is 4.79 Å². The zero-order chi connectivity index (χ0) is 12.4. The highest BCUT2D eigenvalue weighted by Crippen LogP contribution is 2.13. The molecule has 0 aliphatic rings. The van der Waals surface area contributed by atoms with Crippen LogP contribution in [0.25, 0.3) is 10.9 Å². The van der Waals surface area contributed by atoms with E-state index in [9.17, 15) is 4.79 Å². The lowest BCUT2D eigenvalue weighted by atomic mass is 10.2. The van der Waals surface area contributed by atoms with Crippen molar-refractivity contribution in [2.45, 2.75) is 13.8 Å². The topological polar surface area (TPSA) is 31.2 Å². The van der Waals surface area contributed by atoms with Crippen molar-refractivity contribution in [3.8, 4) is 0 Å². The summed E-state index contributed by atoms with van der Waals surface area (Å²) in [7, 11) is 0. The minimum Gasteiger partial charge on any atom is -0.335 e. The summed E-state index contributed by atoms with van der Waals surface area (Å²) in [6.07, 6.45) is 0. The highest BCUT2D eigenvalue weighted by atomic mass is 32.1. The largest absolute Gasteiger partial charge is 0.335 e. The van der Waals surface area contributed by atoms with Gasteiger partial charge in [0.25, 0.3) is 0 Å². The van der Waals surface area contributed by atoms with Gasteiger partial charge in [-0.2, -0.15) is 4.73 Å². The van der Waals surface area contributed by atoms with Crippen molar-refractivity contribution < 1.29 is 9.63 Å². The van der Waals surface area contributed by atoms with E-state index in [1.54, 1.807) is 19.9 Å². The van der Waals surface area contributed by atoms with Crippen LogP contribution in [0.15, 0.2) is 36.4 Å². The minimum atomic E-state index is -0.294. The molecule has 0 saturated heterocycles. The Morgan fingerprint density at radius 1 is 1.24 bits per heavy atom. The predicted molar refractivity (Wildman–Crippen MR) is 69.2 cm³/mol. The maximum absolute atomic E-state index is 11.6. The SMILES string of the molecule is CC(C)C(=O)On1c(=S)ccc2ccccc21. The van der Waals surface area contributed by atoms with Gasteiger partial charge in [0.15, 0.2) is 0 Å². The van der Waals surface area contributed by atoms with E-state index in [-0.39, 0.29) is 11.9 Å². The number of aromatic nitrogens is 1. The van der Waals surface area contributed by atoms with E-state index in [0.29, 0.717) is 4.64 Å². The van der Waals surface area contributed by atoms with Crippen molar-refractivity contribution >= 4 is 29.1 Å². The summed E-state index contributed by atoms with van der Waals surface area (Å²) >= 11 is 5.17. The molecular formula is C13H13NO2S. The summed E-state index contributed by atoms with van der Waals surface area (Å²) in [4.78, 5) is 16.9. The number of benzene rings is 1. The number of pyridine rings is 1. The first-order chi connectivity index (χ1) is 8.09. The number of nitrogens with zero attached hydrogens (tertiary/aromatic N) is 1. The van der Waals surface area contributed by atoms with Gasteiger partial charge in [0, 0.05) is 5.39 Å². The maximum atomic E-state index is 11.6. The Hall–Kier alpha value is -1.68. The van der Waals surface area contributed by atoms with Gasteiger partial charge >= 0.3 is 5.97 Å². The van der Waals surface area contributed by atoms with Crippen molar-refractivity contribution in [2.24, 2.45) is 5.92 Å². The monoisotopic (exact) mass is 247 g/mol. The second-order valence-electron chi connectivity index (χ2n) is 4.09. The van der Waals surface area contributed by atoms with Gasteiger partial charge in [-0.15, -0.1) is 0 Å². The summed E-state index contributed by atoms with van der Waals surface area (Å²) in [5.74, 6) is -0.478. The fraction of sp³-hybridized carbons (Fsp3) is 0.231. The summed E-state index contributed by atoms with van der Waals surface area (Å²) < 4.78 is 1.89. The number of carbonyl (C=O) groups is 1. The molecule has 0 N–H and O–H groups in total. The van der Waals surface area contributed by atoms with Gasteiger partial charge in [0.1, 0.15) is 4.64 Å². The Labute approximate surface area is 105 Å². The van der Waals surface area contributed by atoms with E-state index >= 15 is 0 Å². The zero-order valence-corrected chi connectivity index (χ0v) is 10.5. The van der Waals surface area contributed by atoms with Crippen LogP contribution in [-0.4, -0.2) is 10.7 Å². The van der Waals surface area contributed by atoms with Crippen LogP contribution in [-0.2, 0) is 4.79 Å². The van der Waals surface area contributed by atoms with Gasteiger partial charge in [0.2, 0.25) is 0 Å². The minimum absolute atomic E-state index is 0.184. The third-order valence-corrected chi connectivity index (χ3v) is 2.72. The second-order valence-corrected chi connectivity index (χ2v) is 4.51. The molecule has 2 rings (SSSR count). The van der Waals surface area contributed by atoms with Crippen molar-refractivity contribution in [1.82, 2.24) is 4.73 Å². The molecule has 4 heteroatoms. The summed E-state index contributed by atoms with van der Waals surface area (Å²) in [6.45, 7) is 3.58. The Bertz CT molecular complexity index is 616. The molecule has 0 radical (unpaired) electrons. The highest BCUT2D eigenvalue weighted by Gasteiger charge is 2.11. The molecule has 0 bridgehead atoms. The van der Waals surface area contributed by atoms with Gasteiger partial charge in [0.05, 0.1) is 11.4 Å². The van der Waals surface area contributed by atoms with Crippen LogP contribution < -0.4 is 4.84 Å². The molecule has 17 heavy (non-hydrogen) atoms. The normalized spacial score (nSPS) is 10.8. The molecule has 0 spiro atoms. The molecular weight excluding hydrogens is 234 g/mol. The molecule has 1 aromatic heterocycles. The standard InChI is InChI=1S/C13H13NO2S/c1-9(2)13(15)16-14-11-6-4-3-5-10(11)7-8-12(14)17/h3-9H,1-2H3. The van der Waals surface area contributed by atoms with Crippen molar-refractivity contribution in [2.75, 3.05) is 0 Å². The van der Waals surface area contributed by atoms with E-state index in [0.717, 1.165) is 10.9 Å². The fourth-order valence-electron chi connectivity index (χ4n) is 1.45. The lowest BCUT2D eigenvalue weighted by Crippen LogP contribution is -2.25. The molecule has 1 heterocycles. The first-order valence-corrected chi connectivity index (χ1v) is 5.83. The van der Waals surface area contributed by atoms with Crippen LogP contribution in [0.1, 0.15) is 13.8 Å². The van der Waals surface area contributed by atoms with Gasteiger partial charge in [-0.3, -0.25) is 0 Å². The highest BCUT2D eigenvalue weighted by molar-refractivity contribution is 7.71. The van der Waals surface area contributed by atoms with Crippen LogP contribution in [0.5, 0.6) is 0 Å². The van der Waals surface area contributed by atoms with E-state index in [4.69, 9.17) is 17.1 Å². The van der Waals surface area contributed by atoms with Gasteiger partial charge < -0.3 is 4.84 Å². The predicted octanol–water partition coefficient (Wildman–Crippen LogP) is 2.98. The number of para-hydroxylation sites is 1. The molecule has 0 atom stereocenters. The Balaban J connectivity index is 2.55.